The normalized spacial score (nSPS) is 28.1. The number of para-hydroxylation sites is 2. The van der Waals surface area contributed by atoms with Gasteiger partial charge in [-0.2, -0.15) is 4.58 Å². The Balaban J connectivity index is 1.26. The highest BCUT2D eigenvalue weighted by Gasteiger charge is 2.45. The number of benzene rings is 2. The number of allylic oxidation sites excluding steroid dienone is 4. The fourth-order valence-corrected chi connectivity index (χ4v) is 6.98. The molecule has 5 atom stereocenters. The highest BCUT2D eigenvalue weighted by molar-refractivity contribution is 6.03. The topological polar surface area (TPSA) is 126 Å². The van der Waals surface area contributed by atoms with Gasteiger partial charge in [0.2, 0.25) is 11.6 Å². The highest BCUT2D eigenvalue weighted by Crippen LogP contribution is 2.47. The number of anilines is 1. The van der Waals surface area contributed by atoms with Crippen LogP contribution in [0.1, 0.15) is 58.1 Å². The molecule has 0 bridgehead atoms. The number of unbranched alkanes of at least 4 members (excludes halogenated alkanes) is 1. The Labute approximate surface area is 259 Å². The molecule has 5 N–H and O–H groups in total. The molecule has 0 radical (unpaired) electrons. The average molecular weight is 605 g/mol. The van der Waals surface area contributed by atoms with Crippen LogP contribution in [0.5, 0.6) is 0 Å². The summed E-state index contributed by atoms with van der Waals surface area (Å²) < 4.78 is 7.41. The Morgan fingerprint density at radius 2 is 1.66 bits per heavy atom. The number of carbonyl (C=O) groups excluding carboxylic acids is 1. The van der Waals surface area contributed by atoms with Crippen LogP contribution in [-0.2, 0) is 20.4 Å². The molecule has 44 heavy (non-hydrogen) atoms. The van der Waals surface area contributed by atoms with Gasteiger partial charge in [0.15, 0.2) is 12.0 Å². The summed E-state index contributed by atoms with van der Waals surface area (Å²) in [5.74, 6) is -0.353. The Bertz CT molecular complexity index is 1480. The number of aliphatic hydroxyl groups excluding tert-OH is 4. The predicted molar refractivity (Wildman–Crippen MR) is 170 cm³/mol. The van der Waals surface area contributed by atoms with E-state index in [-0.39, 0.29) is 23.2 Å². The van der Waals surface area contributed by atoms with Gasteiger partial charge < -0.3 is 35.4 Å². The molecule has 0 saturated carbocycles. The summed E-state index contributed by atoms with van der Waals surface area (Å²) in [6, 6.07) is 15.8. The number of hydrogen-bond donors (Lipinski definition) is 5. The van der Waals surface area contributed by atoms with E-state index in [1.165, 1.54) is 28.2 Å². The van der Waals surface area contributed by atoms with Crippen molar-refractivity contribution in [2.75, 3.05) is 25.1 Å². The van der Waals surface area contributed by atoms with E-state index in [9.17, 15) is 25.2 Å². The predicted octanol–water partition coefficient (Wildman–Crippen LogP) is 3.02. The van der Waals surface area contributed by atoms with E-state index in [1.807, 2.05) is 0 Å². The third kappa shape index (κ3) is 5.75. The first-order chi connectivity index (χ1) is 20.9. The van der Waals surface area contributed by atoms with Crippen LogP contribution < -0.4 is 10.2 Å². The van der Waals surface area contributed by atoms with Crippen LogP contribution in [0, 0.1) is 0 Å². The molecule has 2 aromatic rings. The van der Waals surface area contributed by atoms with Gasteiger partial charge in [0.05, 0.1) is 12.0 Å². The summed E-state index contributed by atoms with van der Waals surface area (Å²) in [5.41, 5.74) is 7.09. The Hall–Kier alpha value is -3.34. The van der Waals surface area contributed by atoms with Gasteiger partial charge in [-0.15, -0.1) is 0 Å². The van der Waals surface area contributed by atoms with E-state index < -0.39 is 37.3 Å². The summed E-state index contributed by atoms with van der Waals surface area (Å²) in [4.78, 5) is 15.0. The monoisotopic (exact) mass is 604 g/mol. The number of amides is 1. The summed E-state index contributed by atoms with van der Waals surface area (Å²) in [5, 5.41) is 42.5. The van der Waals surface area contributed by atoms with Gasteiger partial charge >= 0.3 is 0 Å². The number of rotatable bonds is 9. The van der Waals surface area contributed by atoms with Crippen LogP contribution >= 0.6 is 0 Å². The maximum Gasteiger partial charge on any atom is 0.220 e. The fourth-order valence-electron chi connectivity index (χ4n) is 6.98. The number of carbonyl (C=O) groups is 1. The maximum atomic E-state index is 12.7. The first-order valence-corrected chi connectivity index (χ1v) is 15.5. The van der Waals surface area contributed by atoms with Crippen LogP contribution in [0.4, 0.5) is 11.4 Å². The van der Waals surface area contributed by atoms with Crippen LogP contribution in [0.15, 0.2) is 72.5 Å². The molecule has 9 heteroatoms. The quantitative estimate of drug-likeness (QED) is 0.220. The summed E-state index contributed by atoms with van der Waals surface area (Å²) in [6.07, 6.45) is 2.59. The van der Waals surface area contributed by atoms with Crippen LogP contribution in [0.25, 0.3) is 0 Å². The second-order valence-electron chi connectivity index (χ2n) is 13.1. The van der Waals surface area contributed by atoms with Crippen molar-refractivity contribution in [3.05, 3.63) is 83.6 Å². The smallest absolute Gasteiger partial charge is 0.220 e. The minimum absolute atomic E-state index is 0.108. The highest BCUT2D eigenvalue weighted by atomic mass is 16.6. The van der Waals surface area contributed by atoms with E-state index in [4.69, 9.17) is 4.74 Å². The number of nitrogens with zero attached hydrogens (tertiary/aromatic N) is 2. The molecule has 1 fully saturated rings. The maximum absolute atomic E-state index is 12.7. The molecular formula is C35H46N3O6+. The van der Waals surface area contributed by atoms with E-state index in [2.05, 4.69) is 116 Å². The lowest BCUT2D eigenvalue weighted by atomic mass is 9.81. The first kappa shape index (κ1) is 32.1. The number of ether oxygens (including phenoxy) is 1. The molecule has 9 nitrogen and oxygen atoms in total. The summed E-state index contributed by atoms with van der Waals surface area (Å²) in [7, 11) is 2.12. The van der Waals surface area contributed by atoms with Crippen molar-refractivity contribution in [1.82, 2.24) is 5.32 Å². The number of nitrogens with one attached hydrogen (secondary N) is 1. The third-order valence-electron chi connectivity index (χ3n) is 9.51. The molecule has 1 amide bonds. The minimum Gasteiger partial charge on any atom is -0.394 e. The zero-order chi connectivity index (χ0) is 31.8. The lowest BCUT2D eigenvalue weighted by molar-refractivity contribution is -0.401. The van der Waals surface area contributed by atoms with Gasteiger partial charge in [0.1, 0.15) is 31.4 Å². The van der Waals surface area contributed by atoms with Gasteiger partial charge in [0, 0.05) is 47.5 Å². The SMILES string of the molecule is C[N+]1=C(/C=C/C=C2/N(CCCCC(=O)N[C@H]3C(O)O[C@H](CO)[C@@H](O)[C@@H]3O)c3ccccc3C2(C)C)C(C)(C)c2ccccc21. The van der Waals surface area contributed by atoms with Crippen molar-refractivity contribution < 1.29 is 34.5 Å². The van der Waals surface area contributed by atoms with Crippen molar-refractivity contribution >= 4 is 23.0 Å². The van der Waals surface area contributed by atoms with Gasteiger partial charge in [-0.25, -0.2) is 0 Å². The van der Waals surface area contributed by atoms with Crippen molar-refractivity contribution in [3.8, 4) is 0 Å². The van der Waals surface area contributed by atoms with E-state index >= 15 is 0 Å². The van der Waals surface area contributed by atoms with E-state index in [0.717, 1.165) is 18.7 Å². The van der Waals surface area contributed by atoms with Crippen molar-refractivity contribution in [2.24, 2.45) is 0 Å². The summed E-state index contributed by atoms with van der Waals surface area (Å²) >= 11 is 0. The van der Waals surface area contributed by atoms with Crippen LogP contribution in [0.2, 0.25) is 0 Å². The Morgan fingerprint density at radius 3 is 2.36 bits per heavy atom. The van der Waals surface area contributed by atoms with Gasteiger partial charge in [-0.05, 0) is 44.4 Å². The molecule has 1 unspecified atom stereocenters. The fraction of sp³-hybridized carbons (Fsp3) is 0.486. The zero-order valence-corrected chi connectivity index (χ0v) is 26.3. The number of fused-ring (bicyclic) bond motifs is 2. The first-order valence-electron chi connectivity index (χ1n) is 15.5. The molecule has 2 aromatic carbocycles. The molecular weight excluding hydrogens is 558 g/mol. The largest absolute Gasteiger partial charge is 0.394 e. The third-order valence-corrected chi connectivity index (χ3v) is 9.51. The van der Waals surface area contributed by atoms with Gasteiger partial charge in [-0.3, -0.25) is 4.79 Å². The van der Waals surface area contributed by atoms with Crippen LogP contribution in [0.3, 0.4) is 0 Å². The number of hydrogen-bond acceptors (Lipinski definition) is 7. The molecule has 236 valence electrons. The molecule has 0 spiro atoms. The lowest BCUT2D eigenvalue weighted by Gasteiger charge is -2.40. The zero-order valence-electron chi connectivity index (χ0n) is 26.3. The molecule has 1 saturated heterocycles. The van der Waals surface area contributed by atoms with Crippen molar-refractivity contribution in [2.45, 2.75) is 88.4 Å². The second kappa shape index (κ2) is 12.6. The average Bonchev–Trinajstić information content (AvgIpc) is 3.33. The van der Waals surface area contributed by atoms with Gasteiger partial charge in [-0.1, -0.05) is 56.3 Å². The van der Waals surface area contributed by atoms with E-state index in [1.54, 1.807) is 0 Å². The lowest BCUT2D eigenvalue weighted by Crippen LogP contribution is -2.64. The minimum atomic E-state index is -1.53. The second-order valence-corrected chi connectivity index (χ2v) is 13.1. The molecule has 5 rings (SSSR count). The van der Waals surface area contributed by atoms with Crippen molar-refractivity contribution in [1.29, 1.82) is 0 Å². The molecule has 3 aliphatic rings. The standard InChI is InChI=1S/C35H45N3O6/c1-34(2)22-13-6-8-15-24(22)37(5)27(34)17-12-18-28-35(3,4)23-14-7-9-16-25(23)38(28)20-11-10-19-29(40)36-30-32(42)31(41)26(21-39)44-33(30)43/h6-9,12-18,26,30-33,39,41-43H,10-11,19-21H2,1-5H3/p+1/t26-,30-,31-,32-,33?/m1/s1. The van der Waals surface area contributed by atoms with Gasteiger partial charge in [0.25, 0.3) is 0 Å². The molecule has 0 aromatic heterocycles. The Morgan fingerprint density at radius 1 is 0.977 bits per heavy atom. The van der Waals surface area contributed by atoms with Crippen LogP contribution in [-0.4, -0.2) is 87.5 Å². The van der Waals surface area contributed by atoms with Crippen molar-refractivity contribution in [3.63, 3.8) is 0 Å². The number of aliphatic hydroxyl groups is 4. The molecule has 0 aliphatic carbocycles. The summed E-state index contributed by atoms with van der Waals surface area (Å²) in [6.45, 7) is 9.17. The molecule has 3 heterocycles. The molecule has 3 aliphatic heterocycles. The van der Waals surface area contributed by atoms with E-state index in [0.29, 0.717) is 6.42 Å². The Kier molecular flexibility index (Phi) is 9.16.